The summed E-state index contributed by atoms with van der Waals surface area (Å²) in [7, 11) is 0. The van der Waals surface area contributed by atoms with Crippen molar-refractivity contribution in [3.05, 3.63) is 69.8 Å². The lowest BCUT2D eigenvalue weighted by Gasteiger charge is -2.04. The molecule has 0 aliphatic rings. The Morgan fingerprint density at radius 2 is 1.27 bits per heavy atom. The largest absolute Gasteiger partial charge is 0.478 e. The van der Waals surface area contributed by atoms with E-state index in [1.54, 1.807) is 0 Å². The van der Waals surface area contributed by atoms with Crippen LogP contribution in [-0.2, 0) is 0 Å². The molecule has 0 atom stereocenters. The quantitative estimate of drug-likeness (QED) is 0.608. The summed E-state index contributed by atoms with van der Waals surface area (Å²) in [4.78, 5) is 44.7. The molecule has 0 aliphatic heterocycles. The molecule has 0 amide bonds. The smallest absolute Gasteiger partial charge is 0.337 e. The second-order valence-corrected chi connectivity index (χ2v) is 4.96. The molecule has 8 nitrogen and oxygen atoms in total. The van der Waals surface area contributed by atoms with Crippen molar-refractivity contribution in [3.63, 3.8) is 0 Å². The van der Waals surface area contributed by atoms with Crippen molar-refractivity contribution in [1.82, 2.24) is 0 Å². The second kappa shape index (κ2) is 7.19. The van der Waals surface area contributed by atoms with Gasteiger partial charge in [0.05, 0.1) is 22.3 Å². The minimum atomic E-state index is -1.49. The third-order valence-electron chi connectivity index (χ3n) is 3.34. The Bertz CT molecular complexity index is 1010. The third kappa shape index (κ3) is 3.68. The van der Waals surface area contributed by atoms with Crippen LogP contribution < -0.4 is 0 Å². The number of benzene rings is 2. The van der Waals surface area contributed by atoms with Crippen LogP contribution >= 0.6 is 0 Å². The highest BCUT2D eigenvalue weighted by atomic mass is 16.4. The van der Waals surface area contributed by atoms with E-state index in [2.05, 4.69) is 11.8 Å². The highest BCUT2D eigenvalue weighted by molar-refractivity contribution is 6.03. The molecule has 0 bridgehead atoms. The summed E-state index contributed by atoms with van der Waals surface area (Å²) in [6.45, 7) is 0. The van der Waals surface area contributed by atoms with E-state index in [-0.39, 0.29) is 22.3 Å². The second-order valence-electron chi connectivity index (χ2n) is 4.96. The van der Waals surface area contributed by atoms with Gasteiger partial charge in [0.15, 0.2) is 0 Å². The van der Waals surface area contributed by atoms with E-state index < -0.39 is 35.0 Å². The third-order valence-corrected chi connectivity index (χ3v) is 3.34. The van der Waals surface area contributed by atoms with Crippen molar-refractivity contribution >= 4 is 23.9 Å². The molecule has 2 aromatic rings. The van der Waals surface area contributed by atoms with E-state index in [0.29, 0.717) is 0 Å². The first-order valence-electron chi connectivity index (χ1n) is 6.94. The van der Waals surface area contributed by atoms with E-state index >= 15 is 0 Å². The molecule has 130 valence electrons. The van der Waals surface area contributed by atoms with Gasteiger partial charge in [-0.15, -0.1) is 0 Å². The molecule has 2 aromatic carbocycles. The van der Waals surface area contributed by atoms with Crippen molar-refractivity contribution in [2.24, 2.45) is 0 Å². The summed E-state index contributed by atoms with van der Waals surface area (Å²) in [6.07, 6.45) is 0. The van der Waals surface area contributed by atoms with Crippen LogP contribution in [0.3, 0.4) is 0 Å². The highest BCUT2D eigenvalue weighted by Crippen LogP contribution is 2.16. The van der Waals surface area contributed by atoms with Gasteiger partial charge in [-0.05, 0) is 30.3 Å². The number of rotatable bonds is 4. The molecule has 0 spiro atoms. The summed E-state index contributed by atoms with van der Waals surface area (Å²) in [6, 6.07) is 6.98. The number of hydrogen-bond donors (Lipinski definition) is 4. The lowest BCUT2D eigenvalue weighted by atomic mass is 10.00. The van der Waals surface area contributed by atoms with E-state index in [9.17, 15) is 29.4 Å². The van der Waals surface area contributed by atoms with Crippen molar-refractivity contribution in [3.8, 4) is 11.8 Å². The van der Waals surface area contributed by atoms with Gasteiger partial charge in [-0.25, -0.2) is 19.2 Å². The first-order chi connectivity index (χ1) is 12.2. The van der Waals surface area contributed by atoms with Crippen LogP contribution in [0.1, 0.15) is 52.6 Å². The van der Waals surface area contributed by atoms with Gasteiger partial charge in [-0.2, -0.15) is 0 Å². The fourth-order valence-corrected chi connectivity index (χ4v) is 2.16. The zero-order chi connectivity index (χ0) is 19.4. The Morgan fingerprint density at radius 3 is 1.81 bits per heavy atom. The molecule has 0 aromatic heterocycles. The number of carboxylic acids is 4. The molecule has 0 saturated heterocycles. The fraction of sp³-hybridized carbons (Fsp3) is 0. The Hall–Kier alpha value is -4.12. The van der Waals surface area contributed by atoms with E-state index in [0.717, 1.165) is 18.2 Å². The monoisotopic (exact) mass is 354 g/mol. The van der Waals surface area contributed by atoms with Crippen LogP contribution in [0.4, 0.5) is 0 Å². The van der Waals surface area contributed by atoms with Crippen molar-refractivity contribution in [2.75, 3.05) is 0 Å². The highest BCUT2D eigenvalue weighted by Gasteiger charge is 2.19. The average molecular weight is 354 g/mol. The zero-order valence-electron chi connectivity index (χ0n) is 12.9. The number of carboxylic acid groups (broad SMARTS) is 4. The SMILES string of the molecule is O=C(O)c1ccc(C#Cc2cccc(C(=O)O)c2C(=O)O)c(C(=O)O)c1. The van der Waals surface area contributed by atoms with Crippen LogP contribution in [-0.4, -0.2) is 44.3 Å². The number of hydrogen-bond acceptors (Lipinski definition) is 4. The molecule has 0 fully saturated rings. The van der Waals surface area contributed by atoms with Gasteiger partial charge in [0.1, 0.15) is 0 Å². The van der Waals surface area contributed by atoms with Crippen molar-refractivity contribution < 1.29 is 39.6 Å². The summed E-state index contributed by atoms with van der Waals surface area (Å²) in [5.41, 5.74) is -1.75. The maximum Gasteiger partial charge on any atom is 0.337 e. The minimum absolute atomic E-state index is 0.0421. The fourth-order valence-electron chi connectivity index (χ4n) is 2.16. The van der Waals surface area contributed by atoms with Crippen LogP contribution in [0.2, 0.25) is 0 Å². The molecule has 4 N–H and O–H groups in total. The molecule has 0 aliphatic carbocycles. The van der Waals surface area contributed by atoms with Gasteiger partial charge in [-0.1, -0.05) is 17.9 Å². The maximum absolute atomic E-state index is 11.4. The van der Waals surface area contributed by atoms with Gasteiger partial charge >= 0.3 is 23.9 Å². The van der Waals surface area contributed by atoms with E-state index in [1.165, 1.54) is 18.2 Å². The Morgan fingerprint density at radius 1 is 0.654 bits per heavy atom. The van der Waals surface area contributed by atoms with Crippen LogP contribution in [0.5, 0.6) is 0 Å². The predicted molar refractivity (Wildman–Crippen MR) is 86.7 cm³/mol. The van der Waals surface area contributed by atoms with Crippen molar-refractivity contribution in [1.29, 1.82) is 0 Å². The number of aromatic carboxylic acids is 4. The summed E-state index contributed by atoms with van der Waals surface area (Å²) in [5.74, 6) is -0.750. The Kier molecular flexibility index (Phi) is 5.04. The zero-order valence-corrected chi connectivity index (χ0v) is 12.9. The maximum atomic E-state index is 11.4. The molecular weight excluding hydrogens is 344 g/mol. The van der Waals surface area contributed by atoms with Gasteiger partial charge in [0, 0.05) is 11.1 Å². The standard InChI is InChI=1S/C18H10O8/c19-15(20)11-7-5-9(13(8-11)17(23)24)4-6-10-2-1-3-12(16(21)22)14(10)18(25)26/h1-3,5,7-8H,(H,19,20)(H,21,22)(H,23,24)(H,25,26). The van der Waals surface area contributed by atoms with Crippen LogP contribution in [0.25, 0.3) is 0 Å². The van der Waals surface area contributed by atoms with Crippen molar-refractivity contribution in [2.45, 2.75) is 0 Å². The first-order valence-corrected chi connectivity index (χ1v) is 6.94. The lowest BCUT2D eigenvalue weighted by Crippen LogP contribution is -2.10. The Labute approximate surface area is 146 Å². The first kappa shape index (κ1) is 18.2. The Balaban J connectivity index is 2.62. The molecule has 2 rings (SSSR count). The molecule has 0 radical (unpaired) electrons. The molecule has 0 unspecified atom stereocenters. The lowest BCUT2D eigenvalue weighted by molar-refractivity contribution is 0.0651. The van der Waals surface area contributed by atoms with Gasteiger partial charge in [0.2, 0.25) is 0 Å². The summed E-state index contributed by atoms with van der Waals surface area (Å²) >= 11 is 0. The normalized spacial score (nSPS) is 9.69. The van der Waals surface area contributed by atoms with E-state index in [1.807, 2.05) is 0 Å². The molecule has 0 saturated carbocycles. The molecule has 0 heterocycles. The predicted octanol–water partition coefficient (Wildman–Crippen LogP) is 1.88. The van der Waals surface area contributed by atoms with Gasteiger partial charge < -0.3 is 20.4 Å². The minimum Gasteiger partial charge on any atom is -0.478 e. The van der Waals surface area contributed by atoms with Crippen LogP contribution in [0, 0.1) is 11.8 Å². The van der Waals surface area contributed by atoms with Crippen LogP contribution in [0.15, 0.2) is 36.4 Å². The number of carbonyl (C=O) groups is 4. The molecular formula is C18H10O8. The summed E-state index contributed by atoms with van der Waals surface area (Å²) in [5, 5.41) is 36.4. The van der Waals surface area contributed by atoms with E-state index in [4.69, 9.17) is 10.2 Å². The molecule has 26 heavy (non-hydrogen) atoms. The van der Waals surface area contributed by atoms with Gasteiger partial charge in [0.25, 0.3) is 0 Å². The average Bonchev–Trinajstić information content (AvgIpc) is 2.58. The topological polar surface area (TPSA) is 149 Å². The summed E-state index contributed by atoms with van der Waals surface area (Å²) < 4.78 is 0. The van der Waals surface area contributed by atoms with Gasteiger partial charge in [-0.3, -0.25) is 0 Å². The molecule has 8 heteroatoms.